The van der Waals surface area contributed by atoms with Crippen LogP contribution in [0, 0.1) is 0 Å². The van der Waals surface area contributed by atoms with Gasteiger partial charge in [-0.2, -0.15) is 5.10 Å². The molecule has 0 unspecified atom stereocenters. The second-order valence-corrected chi connectivity index (χ2v) is 6.55. The third kappa shape index (κ3) is 3.72. The van der Waals surface area contributed by atoms with Gasteiger partial charge in [0.1, 0.15) is 0 Å². The van der Waals surface area contributed by atoms with Gasteiger partial charge in [0.2, 0.25) is 0 Å². The Kier molecular flexibility index (Phi) is 4.66. The van der Waals surface area contributed by atoms with E-state index in [-0.39, 0.29) is 5.91 Å². The Morgan fingerprint density at radius 3 is 2.78 bits per heavy atom. The first-order valence-electron chi connectivity index (χ1n) is 8.85. The molecule has 4 aromatic rings. The molecule has 2 aromatic carbocycles. The van der Waals surface area contributed by atoms with E-state index in [1.165, 1.54) is 0 Å². The third-order valence-electron chi connectivity index (χ3n) is 4.57. The van der Waals surface area contributed by atoms with Gasteiger partial charge < -0.3 is 4.90 Å². The van der Waals surface area contributed by atoms with Crippen LogP contribution in [0.3, 0.4) is 0 Å². The van der Waals surface area contributed by atoms with E-state index in [1.54, 1.807) is 17.3 Å². The average Bonchev–Trinajstić information content (AvgIpc) is 3.21. The van der Waals surface area contributed by atoms with Crippen molar-refractivity contribution in [2.75, 3.05) is 7.05 Å². The van der Waals surface area contributed by atoms with Crippen LogP contribution < -0.4 is 0 Å². The molecule has 0 spiro atoms. The van der Waals surface area contributed by atoms with Crippen molar-refractivity contribution in [3.05, 3.63) is 95.9 Å². The summed E-state index contributed by atoms with van der Waals surface area (Å²) >= 11 is 0. The number of rotatable bonds is 5. The van der Waals surface area contributed by atoms with Crippen molar-refractivity contribution in [3.63, 3.8) is 0 Å². The molecule has 2 aromatic heterocycles. The van der Waals surface area contributed by atoms with Crippen LogP contribution in [-0.2, 0) is 13.1 Å². The lowest BCUT2D eigenvalue weighted by atomic mass is 10.1. The number of hydrogen-bond acceptors (Lipinski definition) is 3. The number of amides is 1. The summed E-state index contributed by atoms with van der Waals surface area (Å²) in [4.78, 5) is 19.1. The molecule has 0 saturated carbocycles. The minimum absolute atomic E-state index is 0.00166. The summed E-state index contributed by atoms with van der Waals surface area (Å²) in [5.74, 6) is -0.00166. The first-order valence-corrected chi connectivity index (χ1v) is 8.85. The largest absolute Gasteiger partial charge is 0.337 e. The summed E-state index contributed by atoms with van der Waals surface area (Å²) in [6, 6.07) is 19.6. The van der Waals surface area contributed by atoms with Crippen LogP contribution in [0.25, 0.3) is 10.9 Å². The predicted octanol–water partition coefficient (Wildman–Crippen LogP) is 3.75. The summed E-state index contributed by atoms with van der Waals surface area (Å²) in [5, 5.41) is 5.30. The van der Waals surface area contributed by atoms with E-state index >= 15 is 0 Å². The second kappa shape index (κ2) is 7.41. The Morgan fingerprint density at radius 2 is 1.93 bits per heavy atom. The molecule has 5 nitrogen and oxygen atoms in total. The van der Waals surface area contributed by atoms with Crippen LogP contribution in [0.15, 0.2) is 79.3 Å². The van der Waals surface area contributed by atoms with Crippen LogP contribution in [0.4, 0.5) is 0 Å². The molecular weight excluding hydrogens is 336 g/mol. The SMILES string of the molecule is CN(Cc1ccnc2ccccc12)C(=O)c1cccc(Cn2cccn2)c1. The first-order chi connectivity index (χ1) is 13.2. The summed E-state index contributed by atoms with van der Waals surface area (Å²) in [7, 11) is 1.83. The monoisotopic (exact) mass is 356 g/mol. The summed E-state index contributed by atoms with van der Waals surface area (Å²) in [6.07, 6.45) is 5.46. The highest BCUT2D eigenvalue weighted by Gasteiger charge is 2.14. The van der Waals surface area contributed by atoms with Gasteiger partial charge in [0.25, 0.3) is 5.91 Å². The molecular formula is C22H20N4O. The van der Waals surface area contributed by atoms with Crippen molar-refractivity contribution in [1.29, 1.82) is 0 Å². The van der Waals surface area contributed by atoms with Crippen molar-refractivity contribution in [2.45, 2.75) is 13.1 Å². The molecule has 4 rings (SSSR count). The quantitative estimate of drug-likeness (QED) is 0.547. The molecule has 27 heavy (non-hydrogen) atoms. The maximum atomic E-state index is 12.9. The molecule has 0 bridgehead atoms. The second-order valence-electron chi connectivity index (χ2n) is 6.55. The van der Waals surface area contributed by atoms with Gasteiger partial charge in [-0.15, -0.1) is 0 Å². The highest BCUT2D eigenvalue weighted by Crippen LogP contribution is 2.18. The molecule has 0 fully saturated rings. The van der Waals surface area contributed by atoms with Crippen LogP contribution in [0.1, 0.15) is 21.5 Å². The molecule has 134 valence electrons. The Morgan fingerprint density at radius 1 is 1.04 bits per heavy atom. The van der Waals surface area contributed by atoms with Crippen LogP contribution in [-0.4, -0.2) is 32.6 Å². The molecule has 0 radical (unpaired) electrons. The van der Waals surface area contributed by atoms with E-state index in [0.29, 0.717) is 18.7 Å². The molecule has 5 heteroatoms. The molecule has 0 atom stereocenters. The minimum atomic E-state index is -0.00166. The van der Waals surface area contributed by atoms with E-state index in [9.17, 15) is 4.79 Å². The number of aromatic nitrogens is 3. The van der Waals surface area contributed by atoms with Crippen LogP contribution in [0.2, 0.25) is 0 Å². The Labute approximate surface area is 157 Å². The van der Waals surface area contributed by atoms with Gasteiger partial charge in [-0.25, -0.2) is 0 Å². The van der Waals surface area contributed by atoms with Gasteiger partial charge in [-0.3, -0.25) is 14.5 Å². The number of carbonyl (C=O) groups excluding carboxylic acids is 1. The maximum Gasteiger partial charge on any atom is 0.253 e. The van der Waals surface area contributed by atoms with Gasteiger partial charge in [0.05, 0.1) is 12.1 Å². The smallest absolute Gasteiger partial charge is 0.253 e. The van der Waals surface area contributed by atoms with Crippen molar-refractivity contribution in [2.24, 2.45) is 0 Å². The number of pyridine rings is 1. The van der Waals surface area contributed by atoms with Crippen molar-refractivity contribution < 1.29 is 4.79 Å². The van der Waals surface area contributed by atoms with Gasteiger partial charge >= 0.3 is 0 Å². The highest BCUT2D eigenvalue weighted by atomic mass is 16.2. The fourth-order valence-corrected chi connectivity index (χ4v) is 3.22. The average molecular weight is 356 g/mol. The van der Waals surface area contributed by atoms with Gasteiger partial charge in [0.15, 0.2) is 0 Å². The number of benzene rings is 2. The maximum absolute atomic E-state index is 12.9. The zero-order valence-corrected chi connectivity index (χ0v) is 15.1. The lowest BCUT2D eigenvalue weighted by Gasteiger charge is -2.19. The molecule has 0 aliphatic rings. The van der Waals surface area contributed by atoms with Crippen molar-refractivity contribution in [1.82, 2.24) is 19.7 Å². The molecule has 0 aliphatic heterocycles. The fraction of sp³-hybridized carbons (Fsp3) is 0.136. The first kappa shape index (κ1) is 17.0. The Balaban J connectivity index is 1.53. The normalized spacial score (nSPS) is 10.9. The zero-order valence-electron chi connectivity index (χ0n) is 15.1. The lowest BCUT2D eigenvalue weighted by Crippen LogP contribution is -2.26. The molecule has 0 N–H and O–H groups in total. The zero-order chi connectivity index (χ0) is 18.6. The Hall–Kier alpha value is -3.47. The fourth-order valence-electron chi connectivity index (χ4n) is 3.22. The number of fused-ring (bicyclic) bond motifs is 1. The number of hydrogen-bond donors (Lipinski definition) is 0. The topological polar surface area (TPSA) is 51.0 Å². The van der Waals surface area contributed by atoms with E-state index in [0.717, 1.165) is 22.0 Å². The summed E-state index contributed by atoms with van der Waals surface area (Å²) in [6.45, 7) is 1.18. The third-order valence-corrected chi connectivity index (χ3v) is 4.57. The van der Waals surface area contributed by atoms with Gasteiger partial charge in [-0.05, 0) is 41.5 Å². The van der Waals surface area contributed by atoms with Gasteiger partial charge in [0, 0.05) is 43.1 Å². The Bertz CT molecular complexity index is 1070. The highest BCUT2D eigenvalue weighted by molar-refractivity contribution is 5.94. The predicted molar refractivity (Wildman–Crippen MR) is 105 cm³/mol. The van der Waals surface area contributed by atoms with Crippen LogP contribution >= 0.6 is 0 Å². The van der Waals surface area contributed by atoms with E-state index < -0.39 is 0 Å². The molecule has 0 aliphatic carbocycles. The molecule has 0 saturated heterocycles. The molecule has 2 heterocycles. The minimum Gasteiger partial charge on any atom is -0.337 e. The van der Waals surface area contributed by atoms with Crippen molar-refractivity contribution in [3.8, 4) is 0 Å². The molecule has 1 amide bonds. The van der Waals surface area contributed by atoms with E-state index in [2.05, 4.69) is 10.1 Å². The number of nitrogens with zero attached hydrogens (tertiary/aromatic N) is 4. The van der Waals surface area contributed by atoms with Gasteiger partial charge in [-0.1, -0.05) is 30.3 Å². The summed E-state index contributed by atoms with van der Waals surface area (Å²) in [5.41, 5.74) is 3.76. The standard InChI is InChI=1S/C22H20N4O/c1-25(16-19-10-12-23-21-9-3-2-8-20(19)21)22(27)18-7-4-6-17(14-18)15-26-13-5-11-24-26/h2-14H,15-16H2,1H3. The van der Waals surface area contributed by atoms with Crippen LogP contribution in [0.5, 0.6) is 0 Å². The van der Waals surface area contributed by atoms with E-state index in [4.69, 9.17) is 0 Å². The lowest BCUT2D eigenvalue weighted by molar-refractivity contribution is 0.0785. The number of para-hydroxylation sites is 1. The number of carbonyl (C=O) groups is 1. The summed E-state index contributed by atoms with van der Waals surface area (Å²) < 4.78 is 1.84. The van der Waals surface area contributed by atoms with E-state index in [1.807, 2.05) is 78.6 Å². The van der Waals surface area contributed by atoms with Crippen molar-refractivity contribution >= 4 is 16.8 Å².